The van der Waals surface area contributed by atoms with Gasteiger partial charge < -0.3 is 4.74 Å². The predicted octanol–water partition coefficient (Wildman–Crippen LogP) is 4.42. The van der Waals surface area contributed by atoms with Crippen molar-refractivity contribution in [1.82, 2.24) is 0 Å². The van der Waals surface area contributed by atoms with Crippen LogP contribution in [-0.2, 0) is 6.61 Å². The number of alkyl halides is 3. The average Bonchev–Trinajstić information content (AvgIpc) is 2.44. The van der Waals surface area contributed by atoms with Crippen molar-refractivity contribution in [2.45, 2.75) is 12.0 Å². The lowest BCUT2D eigenvalue weighted by Crippen LogP contribution is -2.21. The molecule has 0 aliphatic rings. The molecule has 110 valence electrons. The zero-order valence-electron chi connectivity index (χ0n) is 10.7. The maximum Gasteiger partial charge on any atom is 0.384 e. The second-order valence-corrected chi connectivity index (χ2v) is 4.75. The predicted molar refractivity (Wildman–Crippen MR) is 72.3 cm³/mol. The highest BCUT2D eigenvalue weighted by atomic mass is 35.5. The summed E-state index contributed by atoms with van der Waals surface area (Å²) < 4.78 is 43.9. The summed E-state index contributed by atoms with van der Waals surface area (Å²) >= 11 is 4.70. The topological polar surface area (TPSA) is 26.3 Å². The number of hydrogen-bond donors (Lipinski definition) is 0. The molecule has 0 saturated carbocycles. The van der Waals surface area contributed by atoms with Gasteiger partial charge in [-0.1, -0.05) is 24.3 Å². The first-order chi connectivity index (χ1) is 9.86. The highest BCUT2D eigenvalue weighted by molar-refractivity contribution is 6.35. The molecule has 21 heavy (non-hydrogen) atoms. The first-order valence-corrected chi connectivity index (χ1v) is 6.33. The lowest BCUT2D eigenvalue weighted by molar-refractivity contribution is 0.0536. The van der Waals surface area contributed by atoms with Gasteiger partial charge in [0.1, 0.15) is 18.2 Å². The summed E-state index contributed by atoms with van der Waals surface area (Å²) in [4.78, 5) is 11.4. The molecule has 0 bridgehead atoms. The summed E-state index contributed by atoms with van der Waals surface area (Å²) in [6, 6.07) is 11.1. The standard InChI is InChI=1S/C15H10ClF3O2/c16-15(18,19)14(20)11-4-2-6-13(8-11)21-9-10-3-1-5-12(17)7-10/h1-8H,9H2. The molecule has 2 rings (SSSR count). The maximum absolute atomic E-state index is 13.0. The Bertz CT molecular complexity index is 653. The van der Waals surface area contributed by atoms with Crippen LogP contribution in [0.15, 0.2) is 48.5 Å². The van der Waals surface area contributed by atoms with Crippen molar-refractivity contribution in [1.29, 1.82) is 0 Å². The Morgan fingerprint density at radius 2 is 1.86 bits per heavy atom. The van der Waals surface area contributed by atoms with Crippen molar-refractivity contribution in [3.8, 4) is 5.75 Å². The maximum atomic E-state index is 13.0. The number of ether oxygens (including phenoxy) is 1. The molecule has 0 aliphatic carbocycles. The minimum atomic E-state index is -3.96. The van der Waals surface area contributed by atoms with Gasteiger partial charge in [-0.25, -0.2) is 4.39 Å². The van der Waals surface area contributed by atoms with Crippen molar-refractivity contribution in [3.05, 3.63) is 65.5 Å². The number of carbonyl (C=O) groups excluding carboxylic acids is 1. The molecular formula is C15H10ClF3O2. The van der Waals surface area contributed by atoms with Crippen molar-refractivity contribution < 1.29 is 22.7 Å². The summed E-state index contributed by atoms with van der Waals surface area (Å²) in [5, 5.41) is -3.96. The zero-order chi connectivity index (χ0) is 15.5. The minimum Gasteiger partial charge on any atom is -0.489 e. The molecule has 2 aromatic rings. The van der Waals surface area contributed by atoms with Gasteiger partial charge >= 0.3 is 5.38 Å². The second kappa shape index (κ2) is 6.18. The molecule has 0 N–H and O–H groups in total. The summed E-state index contributed by atoms with van der Waals surface area (Å²) in [6.45, 7) is 0.0483. The van der Waals surface area contributed by atoms with Crippen LogP contribution in [0.5, 0.6) is 5.75 Å². The molecule has 0 radical (unpaired) electrons. The molecule has 0 fully saturated rings. The number of rotatable bonds is 5. The molecule has 2 aromatic carbocycles. The van der Waals surface area contributed by atoms with E-state index >= 15 is 0 Å². The second-order valence-electron chi connectivity index (χ2n) is 4.27. The Kier molecular flexibility index (Phi) is 4.53. The van der Waals surface area contributed by atoms with Gasteiger partial charge in [0.2, 0.25) is 5.78 Å². The van der Waals surface area contributed by atoms with E-state index in [1.54, 1.807) is 6.07 Å². The molecule has 6 heteroatoms. The van der Waals surface area contributed by atoms with Gasteiger partial charge in [-0.3, -0.25) is 4.79 Å². The van der Waals surface area contributed by atoms with Crippen LogP contribution < -0.4 is 4.74 Å². The van der Waals surface area contributed by atoms with Crippen molar-refractivity contribution in [2.24, 2.45) is 0 Å². The smallest absolute Gasteiger partial charge is 0.384 e. The minimum absolute atomic E-state index is 0.0483. The highest BCUT2D eigenvalue weighted by Crippen LogP contribution is 2.26. The highest BCUT2D eigenvalue weighted by Gasteiger charge is 2.36. The molecule has 0 saturated heterocycles. The van der Waals surface area contributed by atoms with Crippen LogP contribution in [-0.4, -0.2) is 11.2 Å². The molecule has 2 nitrogen and oxygen atoms in total. The van der Waals surface area contributed by atoms with Crippen molar-refractivity contribution in [2.75, 3.05) is 0 Å². The molecule has 0 aliphatic heterocycles. The van der Waals surface area contributed by atoms with Crippen LogP contribution in [0.2, 0.25) is 0 Å². The fourth-order valence-electron chi connectivity index (χ4n) is 1.68. The van der Waals surface area contributed by atoms with E-state index in [4.69, 9.17) is 16.3 Å². The van der Waals surface area contributed by atoms with Crippen LogP contribution in [0.4, 0.5) is 13.2 Å². The van der Waals surface area contributed by atoms with E-state index in [9.17, 15) is 18.0 Å². The third kappa shape index (κ3) is 4.23. The molecule has 0 unspecified atom stereocenters. The van der Waals surface area contributed by atoms with E-state index in [1.165, 1.54) is 36.4 Å². The van der Waals surface area contributed by atoms with Gasteiger partial charge in [0.15, 0.2) is 0 Å². The first-order valence-electron chi connectivity index (χ1n) is 5.95. The quantitative estimate of drug-likeness (QED) is 0.603. The van der Waals surface area contributed by atoms with Gasteiger partial charge in [0.25, 0.3) is 0 Å². The van der Waals surface area contributed by atoms with Gasteiger partial charge in [0.05, 0.1) is 0 Å². The number of ketones is 1. The zero-order valence-corrected chi connectivity index (χ0v) is 11.4. The third-order valence-corrected chi connectivity index (χ3v) is 2.82. The lowest BCUT2D eigenvalue weighted by Gasteiger charge is -2.10. The van der Waals surface area contributed by atoms with Gasteiger partial charge in [-0.15, -0.1) is 0 Å². The van der Waals surface area contributed by atoms with E-state index in [0.29, 0.717) is 5.56 Å². The van der Waals surface area contributed by atoms with Crippen LogP contribution in [0.3, 0.4) is 0 Å². The third-order valence-electron chi connectivity index (χ3n) is 2.65. The fourth-order valence-corrected chi connectivity index (χ4v) is 1.79. The average molecular weight is 315 g/mol. The molecule has 0 aromatic heterocycles. The molecule has 0 amide bonds. The van der Waals surface area contributed by atoms with E-state index in [-0.39, 0.29) is 17.9 Å². The van der Waals surface area contributed by atoms with E-state index < -0.39 is 17.0 Å². The van der Waals surface area contributed by atoms with Gasteiger partial charge in [-0.2, -0.15) is 8.78 Å². The number of benzene rings is 2. The van der Waals surface area contributed by atoms with Crippen LogP contribution in [0.25, 0.3) is 0 Å². The van der Waals surface area contributed by atoms with Crippen LogP contribution in [0.1, 0.15) is 15.9 Å². The Balaban J connectivity index is 2.10. The van der Waals surface area contributed by atoms with Crippen molar-refractivity contribution >= 4 is 17.4 Å². The van der Waals surface area contributed by atoms with Crippen LogP contribution >= 0.6 is 11.6 Å². The summed E-state index contributed by atoms with van der Waals surface area (Å²) in [5.74, 6) is -1.69. The molecule has 0 spiro atoms. The molecule has 0 atom stereocenters. The summed E-state index contributed by atoms with van der Waals surface area (Å²) in [7, 11) is 0. The Labute approximate surface area is 124 Å². The number of hydrogen-bond acceptors (Lipinski definition) is 2. The molecule has 0 heterocycles. The summed E-state index contributed by atoms with van der Waals surface area (Å²) in [5.41, 5.74) is 0.321. The van der Waals surface area contributed by atoms with E-state index in [1.807, 2.05) is 0 Å². The Morgan fingerprint density at radius 3 is 2.52 bits per heavy atom. The van der Waals surface area contributed by atoms with Crippen LogP contribution in [0, 0.1) is 5.82 Å². The lowest BCUT2D eigenvalue weighted by atomic mass is 10.1. The number of halogens is 4. The Hall–Kier alpha value is -2.01. The van der Waals surface area contributed by atoms with E-state index in [2.05, 4.69) is 0 Å². The van der Waals surface area contributed by atoms with E-state index in [0.717, 1.165) is 6.07 Å². The fraction of sp³-hybridized carbons (Fsp3) is 0.133. The number of Topliss-reactive ketones (excluding diaryl/α,β-unsaturated/α-hetero) is 1. The molecular weight excluding hydrogens is 305 g/mol. The monoisotopic (exact) mass is 314 g/mol. The van der Waals surface area contributed by atoms with Gasteiger partial charge in [0, 0.05) is 5.56 Å². The normalized spacial score (nSPS) is 11.2. The van der Waals surface area contributed by atoms with Gasteiger partial charge in [-0.05, 0) is 41.4 Å². The number of carbonyl (C=O) groups is 1. The Morgan fingerprint density at radius 1 is 1.14 bits per heavy atom. The van der Waals surface area contributed by atoms with Crippen molar-refractivity contribution in [3.63, 3.8) is 0 Å². The SMILES string of the molecule is O=C(c1cccc(OCc2cccc(F)c2)c1)C(F)(F)Cl. The largest absolute Gasteiger partial charge is 0.489 e. The summed E-state index contributed by atoms with van der Waals surface area (Å²) in [6.07, 6.45) is 0. The first kappa shape index (κ1) is 15.4.